The van der Waals surface area contributed by atoms with Crippen LogP contribution in [0.2, 0.25) is 0 Å². The van der Waals surface area contributed by atoms with Crippen molar-refractivity contribution in [3.63, 3.8) is 0 Å². The molecule has 5 heterocycles. The third kappa shape index (κ3) is 3.45. The molecular weight excluding hydrogens is 402 g/mol. The summed E-state index contributed by atoms with van der Waals surface area (Å²) >= 11 is 0. The first kappa shape index (κ1) is 20.7. The summed E-state index contributed by atoms with van der Waals surface area (Å²) in [6, 6.07) is 7.90. The van der Waals surface area contributed by atoms with E-state index in [1.165, 1.54) is 0 Å². The highest BCUT2D eigenvalue weighted by molar-refractivity contribution is 5.95. The zero-order valence-electron chi connectivity index (χ0n) is 19.1. The molecule has 3 aromatic heterocycles. The van der Waals surface area contributed by atoms with Gasteiger partial charge >= 0.3 is 5.69 Å². The average Bonchev–Trinajstić information content (AvgIpc) is 3.16. The Balaban J connectivity index is 1.48. The van der Waals surface area contributed by atoms with E-state index < -0.39 is 0 Å². The first-order chi connectivity index (χ1) is 15.2. The van der Waals surface area contributed by atoms with Gasteiger partial charge in [-0.05, 0) is 54.5 Å². The van der Waals surface area contributed by atoms with Gasteiger partial charge in [0.1, 0.15) is 0 Å². The molecule has 5 rings (SSSR count). The van der Waals surface area contributed by atoms with Gasteiger partial charge in [0.25, 0.3) is 5.91 Å². The second kappa shape index (κ2) is 7.43. The van der Waals surface area contributed by atoms with Crippen molar-refractivity contribution in [3.05, 3.63) is 64.5 Å². The molecule has 2 bridgehead atoms. The fraction of sp³-hybridized carbons (Fsp3) is 0.440. The number of aromatic nitrogens is 4. The summed E-state index contributed by atoms with van der Waals surface area (Å²) in [7, 11) is 1.79. The van der Waals surface area contributed by atoms with Crippen molar-refractivity contribution in [3.8, 4) is 0 Å². The predicted octanol–water partition coefficient (Wildman–Crippen LogP) is 3.64. The average molecular weight is 432 g/mol. The van der Waals surface area contributed by atoms with E-state index in [9.17, 15) is 9.59 Å². The lowest BCUT2D eigenvalue weighted by Crippen LogP contribution is -2.43. The van der Waals surface area contributed by atoms with Crippen LogP contribution in [0.25, 0.3) is 16.7 Å². The summed E-state index contributed by atoms with van der Waals surface area (Å²) in [5.41, 5.74) is 4.22. The Labute approximate surface area is 187 Å². The zero-order chi connectivity index (χ0) is 22.6. The number of amides is 1. The molecule has 0 spiro atoms. The highest BCUT2D eigenvalue weighted by Crippen LogP contribution is 2.39. The standard InChI is InChI=1S/C25H29N5O2/c1-25(2,3)15-29-21-10-9-20(27-22(21)28(4)24(29)32)17-12-18-7-8-19(13-17)30(18)23(31)16-6-5-11-26-14-16/h5-6,9-12,14,18-19H,7-8,13,15H2,1-4H3. The summed E-state index contributed by atoms with van der Waals surface area (Å²) in [4.78, 5) is 36.9. The van der Waals surface area contributed by atoms with Crippen molar-refractivity contribution in [2.75, 3.05) is 0 Å². The van der Waals surface area contributed by atoms with Crippen LogP contribution in [0.1, 0.15) is 56.1 Å². The maximum atomic E-state index is 13.1. The number of rotatable bonds is 3. The van der Waals surface area contributed by atoms with Crippen molar-refractivity contribution in [1.82, 2.24) is 24.0 Å². The molecule has 0 aliphatic carbocycles. The molecule has 1 amide bonds. The predicted molar refractivity (Wildman–Crippen MR) is 124 cm³/mol. The molecule has 3 aromatic rings. The Morgan fingerprint density at radius 3 is 2.69 bits per heavy atom. The van der Waals surface area contributed by atoms with Crippen LogP contribution in [0.3, 0.4) is 0 Å². The lowest BCUT2D eigenvalue weighted by atomic mass is 9.96. The van der Waals surface area contributed by atoms with Crippen LogP contribution in [0.15, 0.2) is 47.5 Å². The molecule has 166 valence electrons. The highest BCUT2D eigenvalue weighted by atomic mass is 16.2. The second-order valence-electron chi connectivity index (χ2n) is 10.2. The van der Waals surface area contributed by atoms with Crippen LogP contribution in [-0.2, 0) is 13.6 Å². The Morgan fingerprint density at radius 2 is 2.00 bits per heavy atom. The molecule has 0 aromatic carbocycles. The molecule has 1 saturated heterocycles. The largest absolute Gasteiger partial charge is 0.330 e. The fourth-order valence-corrected chi connectivity index (χ4v) is 5.05. The molecular formula is C25H29N5O2. The van der Waals surface area contributed by atoms with Crippen molar-refractivity contribution < 1.29 is 4.79 Å². The summed E-state index contributed by atoms with van der Waals surface area (Å²) in [6.07, 6.45) is 8.23. The second-order valence-corrected chi connectivity index (χ2v) is 10.2. The van der Waals surface area contributed by atoms with Crippen LogP contribution < -0.4 is 5.69 Å². The number of aryl methyl sites for hydroxylation is 1. The van der Waals surface area contributed by atoms with E-state index in [1.54, 1.807) is 30.1 Å². The minimum absolute atomic E-state index is 0.00779. The first-order valence-electron chi connectivity index (χ1n) is 11.2. The van der Waals surface area contributed by atoms with Crippen LogP contribution in [0.4, 0.5) is 0 Å². The lowest BCUT2D eigenvalue weighted by molar-refractivity contribution is 0.0692. The smallest absolute Gasteiger partial charge is 0.329 e. The van der Waals surface area contributed by atoms with E-state index in [-0.39, 0.29) is 29.1 Å². The van der Waals surface area contributed by atoms with Crippen LogP contribution in [-0.4, -0.2) is 42.0 Å². The zero-order valence-corrected chi connectivity index (χ0v) is 19.1. The van der Waals surface area contributed by atoms with Crippen molar-refractivity contribution in [2.24, 2.45) is 12.5 Å². The van der Waals surface area contributed by atoms with Gasteiger partial charge in [0.05, 0.1) is 22.8 Å². The Kier molecular flexibility index (Phi) is 4.80. The van der Waals surface area contributed by atoms with E-state index in [0.29, 0.717) is 17.8 Å². The molecule has 0 radical (unpaired) electrons. The maximum Gasteiger partial charge on any atom is 0.330 e. The van der Waals surface area contributed by atoms with E-state index in [2.05, 4.69) is 31.8 Å². The summed E-state index contributed by atoms with van der Waals surface area (Å²) in [5.74, 6) is 0.0472. The van der Waals surface area contributed by atoms with Gasteiger partial charge in [-0.15, -0.1) is 0 Å². The van der Waals surface area contributed by atoms with Crippen molar-refractivity contribution in [2.45, 2.75) is 58.7 Å². The van der Waals surface area contributed by atoms with Gasteiger partial charge in [-0.25, -0.2) is 9.78 Å². The summed E-state index contributed by atoms with van der Waals surface area (Å²) < 4.78 is 3.46. The highest BCUT2D eigenvalue weighted by Gasteiger charge is 2.40. The van der Waals surface area contributed by atoms with Crippen molar-refractivity contribution >= 4 is 22.6 Å². The number of carbonyl (C=O) groups is 1. The number of imidazole rings is 1. The van der Waals surface area contributed by atoms with Crippen LogP contribution in [0.5, 0.6) is 0 Å². The normalized spacial score (nSPS) is 20.6. The number of hydrogen-bond donors (Lipinski definition) is 0. The van der Waals surface area contributed by atoms with Crippen LogP contribution >= 0.6 is 0 Å². The topological polar surface area (TPSA) is 73.0 Å². The Bertz CT molecular complexity index is 1280. The molecule has 7 nitrogen and oxygen atoms in total. The maximum absolute atomic E-state index is 13.1. The lowest BCUT2D eigenvalue weighted by Gasteiger charge is -2.34. The van der Waals surface area contributed by atoms with Crippen LogP contribution in [0, 0.1) is 5.41 Å². The summed E-state index contributed by atoms with van der Waals surface area (Å²) in [5, 5.41) is 0. The van der Waals surface area contributed by atoms with Gasteiger partial charge < -0.3 is 4.90 Å². The molecule has 7 heteroatoms. The molecule has 0 saturated carbocycles. The number of carbonyl (C=O) groups excluding carboxylic acids is 1. The van der Waals surface area contributed by atoms with Gasteiger partial charge in [-0.3, -0.25) is 18.9 Å². The Hall–Kier alpha value is -3.22. The third-order valence-corrected chi connectivity index (χ3v) is 6.48. The number of nitrogens with zero attached hydrogens (tertiary/aromatic N) is 5. The number of pyridine rings is 2. The van der Waals surface area contributed by atoms with E-state index in [0.717, 1.165) is 36.0 Å². The van der Waals surface area contributed by atoms with E-state index in [1.807, 2.05) is 27.7 Å². The third-order valence-electron chi connectivity index (χ3n) is 6.48. The number of fused-ring (bicyclic) bond motifs is 3. The quantitative estimate of drug-likeness (QED) is 0.635. The first-order valence-corrected chi connectivity index (χ1v) is 11.2. The molecule has 2 atom stereocenters. The molecule has 1 fully saturated rings. The van der Waals surface area contributed by atoms with Gasteiger partial charge in [0, 0.05) is 32.0 Å². The van der Waals surface area contributed by atoms with E-state index >= 15 is 0 Å². The molecule has 32 heavy (non-hydrogen) atoms. The SMILES string of the molecule is Cn1c(=O)n(CC(C)(C)C)c2ccc(C3=CC4CCC(C3)N4C(=O)c3cccnc3)nc21. The Morgan fingerprint density at radius 1 is 1.19 bits per heavy atom. The van der Waals surface area contributed by atoms with E-state index in [4.69, 9.17) is 4.98 Å². The summed E-state index contributed by atoms with van der Waals surface area (Å²) in [6.45, 7) is 7.02. The van der Waals surface area contributed by atoms with Crippen molar-refractivity contribution in [1.29, 1.82) is 0 Å². The molecule has 2 aliphatic rings. The van der Waals surface area contributed by atoms with Gasteiger partial charge in [-0.1, -0.05) is 26.8 Å². The van der Waals surface area contributed by atoms with Gasteiger partial charge in [-0.2, -0.15) is 0 Å². The molecule has 2 aliphatic heterocycles. The van der Waals surface area contributed by atoms with Gasteiger partial charge in [0.15, 0.2) is 5.65 Å². The molecule has 0 N–H and O–H groups in total. The minimum atomic E-state index is -0.0366. The van der Waals surface area contributed by atoms with Gasteiger partial charge in [0.2, 0.25) is 0 Å². The molecule has 2 unspecified atom stereocenters. The minimum Gasteiger partial charge on any atom is -0.329 e. The fourth-order valence-electron chi connectivity index (χ4n) is 5.05. The number of hydrogen-bond acceptors (Lipinski definition) is 4. The monoisotopic (exact) mass is 431 g/mol.